The molecule has 0 saturated heterocycles. The molecule has 0 bridgehead atoms. The van der Waals surface area contributed by atoms with E-state index in [1.54, 1.807) is 0 Å². The fourth-order valence-corrected chi connectivity index (χ4v) is 2.36. The number of hydrogen-bond acceptors (Lipinski definition) is 1. The van der Waals surface area contributed by atoms with E-state index in [0.29, 0.717) is 6.61 Å². The Bertz CT molecular complexity index is 597. The number of rotatable bonds is 3. The summed E-state index contributed by atoms with van der Waals surface area (Å²) in [6.45, 7) is 9.22. The van der Waals surface area contributed by atoms with E-state index in [1.807, 2.05) is 25.1 Å². The summed E-state index contributed by atoms with van der Waals surface area (Å²) >= 11 is 6.03. The molecule has 0 fully saturated rings. The minimum Gasteiger partial charge on any atom is -0.489 e. The monoisotopic (exact) mass is 288 g/mol. The van der Waals surface area contributed by atoms with Gasteiger partial charge in [0, 0.05) is 5.02 Å². The molecule has 0 amide bonds. The minimum atomic E-state index is 0.121. The number of ether oxygens (including phenoxy) is 1. The van der Waals surface area contributed by atoms with Gasteiger partial charge in [0.25, 0.3) is 0 Å². The van der Waals surface area contributed by atoms with Gasteiger partial charge in [-0.25, -0.2) is 0 Å². The summed E-state index contributed by atoms with van der Waals surface area (Å²) in [6.07, 6.45) is 0. The van der Waals surface area contributed by atoms with Crippen molar-refractivity contribution >= 4 is 11.6 Å². The van der Waals surface area contributed by atoms with Gasteiger partial charge in [-0.1, -0.05) is 56.6 Å². The molecule has 0 N–H and O–H groups in total. The van der Waals surface area contributed by atoms with Gasteiger partial charge in [0.2, 0.25) is 0 Å². The lowest BCUT2D eigenvalue weighted by Crippen LogP contribution is -2.15. The third kappa shape index (κ3) is 3.55. The van der Waals surface area contributed by atoms with Gasteiger partial charge in [-0.3, -0.25) is 0 Å². The summed E-state index contributed by atoms with van der Waals surface area (Å²) in [5.74, 6) is 0.857. The molecular formula is C18H21ClO. The molecule has 0 aliphatic heterocycles. The minimum absolute atomic E-state index is 0.121. The summed E-state index contributed by atoms with van der Waals surface area (Å²) in [7, 11) is 0. The highest BCUT2D eigenvalue weighted by Gasteiger charge is 2.17. The maximum atomic E-state index is 6.03. The Kier molecular flexibility index (Phi) is 4.39. The molecule has 106 valence electrons. The predicted molar refractivity (Wildman–Crippen MR) is 85.7 cm³/mol. The van der Waals surface area contributed by atoms with Gasteiger partial charge in [0.15, 0.2) is 0 Å². The fraction of sp³-hybridized carbons (Fsp3) is 0.333. The molecule has 0 saturated carbocycles. The second-order valence-electron chi connectivity index (χ2n) is 6.11. The number of aryl methyl sites for hydroxylation is 1. The quantitative estimate of drug-likeness (QED) is 0.722. The van der Waals surface area contributed by atoms with Crippen molar-refractivity contribution in [3.05, 3.63) is 64.2 Å². The van der Waals surface area contributed by atoms with Gasteiger partial charge in [0.05, 0.1) is 0 Å². The van der Waals surface area contributed by atoms with E-state index in [1.165, 1.54) is 11.1 Å². The molecule has 0 unspecified atom stereocenters. The first-order valence-corrected chi connectivity index (χ1v) is 7.23. The van der Waals surface area contributed by atoms with Gasteiger partial charge < -0.3 is 4.74 Å². The summed E-state index contributed by atoms with van der Waals surface area (Å²) < 4.78 is 5.91. The lowest BCUT2D eigenvalue weighted by atomic mass is 9.84. The van der Waals surface area contributed by atoms with Crippen LogP contribution >= 0.6 is 11.6 Å². The zero-order valence-electron chi connectivity index (χ0n) is 12.5. The van der Waals surface area contributed by atoms with Crippen LogP contribution in [0.4, 0.5) is 0 Å². The van der Waals surface area contributed by atoms with E-state index in [2.05, 4.69) is 45.0 Å². The van der Waals surface area contributed by atoms with Crippen LogP contribution in [0.3, 0.4) is 0 Å². The van der Waals surface area contributed by atoms with Crippen LogP contribution in [-0.2, 0) is 12.0 Å². The molecule has 2 heteroatoms. The first-order chi connectivity index (χ1) is 9.38. The largest absolute Gasteiger partial charge is 0.489 e. The molecule has 0 atom stereocenters. The Morgan fingerprint density at radius 1 is 1.05 bits per heavy atom. The molecule has 0 radical (unpaired) electrons. The van der Waals surface area contributed by atoms with Crippen molar-refractivity contribution in [1.29, 1.82) is 0 Å². The zero-order valence-corrected chi connectivity index (χ0v) is 13.3. The Morgan fingerprint density at radius 3 is 2.40 bits per heavy atom. The maximum absolute atomic E-state index is 6.03. The third-order valence-electron chi connectivity index (χ3n) is 3.35. The summed E-state index contributed by atoms with van der Waals surface area (Å²) in [5.41, 5.74) is 3.71. The lowest BCUT2D eigenvalue weighted by Gasteiger charge is -2.23. The normalized spacial score (nSPS) is 11.4. The Hall–Kier alpha value is -1.47. The first-order valence-electron chi connectivity index (χ1n) is 6.85. The molecular weight excluding hydrogens is 268 g/mol. The Morgan fingerprint density at radius 2 is 1.75 bits per heavy atom. The van der Waals surface area contributed by atoms with Crippen LogP contribution in [0.1, 0.15) is 37.5 Å². The Balaban J connectivity index is 2.17. The SMILES string of the molecule is Cc1cc(OCc2ccccc2C(C)(C)C)ccc1Cl. The first kappa shape index (κ1) is 14.9. The topological polar surface area (TPSA) is 9.23 Å². The third-order valence-corrected chi connectivity index (χ3v) is 3.77. The smallest absolute Gasteiger partial charge is 0.120 e. The van der Waals surface area contributed by atoms with Crippen LogP contribution < -0.4 is 4.74 Å². The van der Waals surface area contributed by atoms with Gasteiger partial charge in [-0.2, -0.15) is 0 Å². The van der Waals surface area contributed by atoms with E-state index in [9.17, 15) is 0 Å². The molecule has 2 aromatic rings. The van der Waals surface area contributed by atoms with Crippen molar-refractivity contribution in [2.75, 3.05) is 0 Å². The van der Waals surface area contributed by atoms with Crippen LogP contribution in [0, 0.1) is 6.92 Å². The summed E-state index contributed by atoms with van der Waals surface area (Å²) in [6, 6.07) is 14.2. The highest BCUT2D eigenvalue weighted by atomic mass is 35.5. The van der Waals surface area contributed by atoms with Crippen LogP contribution in [0.5, 0.6) is 5.75 Å². The van der Waals surface area contributed by atoms with E-state index in [4.69, 9.17) is 16.3 Å². The molecule has 2 aromatic carbocycles. The zero-order chi connectivity index (χ0) is 14.8. The molecule has 0 aliphatic rings. The highest BCUT2D eigenvalue weighted by molar-refractivity contribution is 6.31. The van der Waals surface area contributed by atoms with Crippen molar-refractivity contribution in [1.82, 2.24) is 0 Å². The standard InChI is InChI=1S/C18H21ClO/c1-13-11-15(9-10-17(13)19)20-12-14-7-5-6-8-16(14)18(2,3)4/h5-11H,12H2,1-4H3. The van der Waals surface area contributed by atoms with Crippen molar-refractivity contribution < 1.29 is 4.74 Å². The van der Waals surface area contributed by atoms with E-state index in [-0.39, 0.29) is 5.41 Å². The predicted octanol–water partition coefficient (Wildman–Crippen LogP) is 5.52. The van der Waals surface area contributed by atoms with Gasteiger partial charge in [0.1, 0.15) is 12.4 Å². The van der Waals surface area contributed by atoms with Crippen molar-refractivity contribution in [3.8, 4) is 5.75 Å². The second-order valence-corrected chi connectivity index (χ2v) is 6.51. The summed E-state index contributed by atoms with van der Waals surface area (Å²) in [5, 5.41) is 0.771. The van der Waals surface area contributed by atoms with Gasteiger partial charge in [-0.05, 0) is 47.2 Å². The average molecular weight is 289 g/mol. The lowest BCUT2D eigenvalue weighted by molar-refractivity contribution is 0.302. The second kappa shape index (κ2) is 5.88. The highest BCUT2D eigenvalue weighted by Crippen LogP contribution is 2.27. The molecule has 0 aliphatic carbocycles. The molecule has 2 rings (SSSR count). The summed E-state index contributed by atoms with van der Waals surface area (Å²) in [4.78, 5) is 0. The number of hydrogen-bond donors (Lipinski definition) is 0. The van der Waals surface area contributed by atoms with Crippen LogP contribution in [0.2, 0.25) is 5.02 Å². The molecule has 0 heterocycles. The number of halogens is 1. The van der Waals surface area contributed by atoms with Crippen LogP contribution in [-0.4, -0.2) is 0 Å². The fourth-order valence-electron chi connectivity index (χ4n) is 2.25. The van der Waals surface area contributed by atoms with Crippen molar-refractivity contribution in [2.24, 2.45) is 0 Å². The molecule has 20 heavy (non-hydrogen) atoms. The number of benzene rings is 2. The molecule has 0 spiro atoms. The van der Waals surface area contributed by atoms with Crippen molar-refractivity contribution in [3.63, 3.8) is 0 Å². The molecule has 1 nitrogen and oxygen atoms in total. The molecule has 0 aromatic heterocycles. The average Bonchev–Trinajstić information content (AvgIpc) is 2.39. The maximum Gasteiger partial charge on any atom is 0.120 e. The van der Waals surface area contributed by atoms with Crippen molar-refractivity contribution in [2.45, 2.75) is 39.7 Å². The van der Waals surface area contributed by atoms with Gasteiger partial charge >= 0.3 is 0 Å². The Labute approximate surface area is 126 Å². The van der Waals surface area contributed by atoms with E-state index in [0.717, 1.165) is 16.3 Å². The van der Waals surface area contributed by atoms with Crippen LogP contribution in [0.15, 0.2) is 42.5 Å². The van der Waals surface area contributed by atoms with Gasteiger partial charge in [-0.15, -0.1) is 0 Å². The van der Waals surface area contributed by atoms with E-state index >= 15 is 0 Å². The van der Waals surface area contributed by atoms with E-state index < -0.39 is 0 Å². The van der Waals surface area contributed by atoms with Crippen LogP contribution in [0.25, 0.3) is 0 Å².